The maximum absolute atomic E-state index is 11.1. The lowest BCUT2D eigenvalue weighted by atomic mass is 9.99. The average molecular weight is 214 g/mol. The zero-order chi connectivity index (χ0) is 11.6. The Kier molecular flexibility index (Phi) is 3.68. The minimum Gasteiger partial charge on any atom is -0.481 e. The van der Waals surface area contributed by atoms with Gasteiger partial charge in [-0.15, -0.1) is 0 Å². The number of primary amides is 1. The Morgan fingerprint density at radius 1 is 1.53 bits per heavy atom. The van der Waals surface area contributed by atoms with Crippen molar-refractivity contribution in [3.05, 3.63) is 0 Å². The Balaban J connectivity index is 2.68. The largest absolute Gasteiger partial charge is 0.481 e. The number of carboxylic acid groups (broad SMARTS) is 1. The zero-order valence-corrected chi connectivity index (χ0v) is 9.14. The van der Waals surface area contributed by atoms with Gasteiger partial charge in [-0.1, -0.05) is 13.8 Å². The van der Waals surface area contributed by atoms with Gasteiger partial charge in [0.15, 0.2) is 0 Å². The molecule has 1 amide bonds. The summed E-state index contributed by atoms with van der Waals surface area (Å²) in [6.07, 6.45) is 0.633. The molecule has 1 aliphatic heterocycles. The number of carboxylic acids is 1. The molecular formula is C10H18N2O3. The summed E-state index contributed by atoms with van der Waals surface area (Å²) in [6, 6.07) is -0.322. The van der Waals surface area contributed by atoms with E-state index in [1.54, 1.807) is 0 Å². The molecule has 0 bridgehead atoms. The summed E-state index contributed by atoms with van der Waals surface area (Å²) in [5, 5.41) is 8.95. The second kappa shape index (κ2) is 4.61. The molecule has 3 unspecified atom stereocenters. The first kappa shape index (κ1) is 12.0. The van der Waals surface area contributed by atoms with E-state index in [-0.39, 0.29) is 23.8 Å². The highest BCUT2D eigenvalue weighted by Gasteiger charge is 2.38. The topological polar surface area (TPSA) is 83.6 Å². The Morgan fingerprint density at radius 3 is 2.47 bits per heavy atom. The third kappa shape index (κ3) is 2.47. The summed E-state index contributed by atoms with van der Waals surface area (Å²) in [5.74, 6) is -1.45. The number of likely N-dealkylation sites (tertiary alicyclic amines) is 1. The van der Waals surface area contributed by atoms with Crippen LogP contribution in [0.2, 0.25) is 0 Å². The van der Waals surface area contributed by atoms with E-state index < -0.39 is 5.97 Å². The van der Waals surface area contributed by atoms with Crippen molar-refractivity contribution in [1.29, 1.82) is 0 Å². The Hall–Kier alpha value is -1.10. The number of rotatable bonds is 4. The molecule has 15 heavy (non-hydrogen) atoms. The van der Waals surface area contributed by atoms with Crippen molar-refractivity contribution >= 4 is 11.9 Å². The number of hydrogen-bond acceptors (Lipinski definition) is 3. The highest BCUT2D eigenvalue weighted by Crippen LogP contribution is 2.25. The molecule has 0 aromatic carbocycles. The minimum atomic E-state index is -0.788. The molecule has 0 aromatic rings. The molecule has 3 atom stereocenters. The fourth-order valence-electron chi connectivity index (χ4n) is 2.22. The quantitative estimate of drug-likeness (QED) is 0.684. The van der Waals surface area contributed by atoms with E-state index in [0.717, 1.165) is 0 Å². The van der Waals surface area contributed by atoms with Crippen molar-refractivity contribution in [2.24, 2.45) is 17.6 Å². The van der Waals surface area contributed by atoms with Gasteiger partial charge >= 0.3 is 5.97 Å². The maximum Gasteiger partial charge on any atom is 0.308 e. The lowest BCUT2D eigenvalue weighted by Gasteiger charge is -2.23. The van der Waals surface area contributed by atoms with Crippen LogP contribution < -0.4 is 5.73 Å². The van der Waals surface area contributed by atoms with Gasteiger partial charge in [-0.2, -0.15) is 0 Å². The summed E-state index contributed by atoms with van der Waals surface area (Å²) < 4.78 is 0. The molecule has 0 spiro atoms. The first-order chi connectivity index (χ1) is 6.97. The van der Waals surface area contributed by atoms with Gasteiger partial charge in [-0.25, -0.2) is 0 Å². The molecule has 1 heterocycles. The fourth-order valence-corrected chi connectivity index (χ4v) is 2.22. The standard InChI is InChI=1S/C10H18N2O3/c1-3-8(9(11)13)12-4-6(2)7(5-12)10(14)15/h6-8H,3-5H2,1-2H3,(H2,11,13)(H,14,15). The summed E-state index contributed by atoms with van der Waals surface area (Å²) >= 11 is 0. The second-order valence-corrected chi connectivity index (χ2v) is 4.20. The van der Waals surface area contributed by atoms with Crippen LogP contribution in [0.1, 0.15) is 20.3 Å². The minimum absolute atomic E-state index is 0.0795. The molecular weight excluding hydrogens is 196 g/mol. The van der Waals surface area contributed by atoms with Crippen LogP contribution in [0.4, 0.5) is 0 Å². The van der Waals surface area contributed by atoms with E-state index in [0.29, 0.717) is 19.5 Å². The normalized spacial score (nSPS) is 28.9. The summed E-state index contributed by atoms with van der Waals surface area (Å²) in [4.78, 5) is 23.9. The Morgan fingerprint density at radius 2 is 2.13 bits per heavy atom. The lowest BCUT2D eigenvalue weighted by Crippen LogP contribution is -2.43. The van der Waals surface area contributed by atoms with Crippen molar-refractivity contribution in [2.45, 2.75) is 26.3 Å². The van der Waals surface area contributed by atoms with Crippen LogP contribution in [-0.4, -0.2) is 41.0 Å². The van der Waals surface area contributed by atoms with E-state index in [1.807, 2.05) is 18.7 Å². The molecule has 5 nitrogen and oxygen atoms in total. The number of carbonyl (C=O) groups is 2. The number of nitrogens with zero attached hydrogens (tertiary/aromatic N) is 1. The van der Waals surface area contributed by atoms with Gasteiger partial charge in [0.05, 0.1) is 12.0 Å². The third-order valence-corrected chi connectivity index (χ3v) is 3.11. The average Bonchev–Trinajstić information content (AvgIpc) is 2.48. The molecule has 1 saturated heterocycles. The van der Waals surface area contributed by atoms with Gasteiger partial charge in [0, 0.05) is 13.1 Å². The Bertz CT molecular complexity index is 267. The van der Waals surface area contributed by atoms with Gasteiger partial charge in [-0.05, 0) is 12.3 Å². The van der Waals surface area contributed by atoms with Crippen LogP contribution in [0.5, 0.6) is 0 Å². The molecule has 1 aliphatic rings. The van der Waals surface area contributed by atoms with Crippen molar-refractivity contribution in [3.63, 3.8) is 0 Å². The van der Waals surface area contributed by atoms with Crippen molar-refractivity contribution in [1.82, 2.24) is 4.90 Å². The molecule has 0 aliphatic carbocycles. The molecule has 3 N–H and O–H groups in total. The second-order valence-electron chi connectivity index (χ2n) is 4.20. The van der Waals surface area contributed by atoms with Gasteiger partial charge < -0.3 is 10.8 Å². The molecule has 0 radical (unpaired) electrons. The van der Waals surface area contributed by atoms with Crippen molar-refractivity contribution < 1.29 is 14.7 Å². The van der Waals surface area contributed by atoms with Crippen LogP contribution in [-0.2, 0) is 9.59 Å². The molecule has 1 fully saturated rings. The number of amides is 1. The number of aliphatic carboxylic acids is 1. The van der Waals surface area contributed by atoms with E-state index >= 15 is 0 Å². The number of hydrogen-bond donors (Lipinski definition) is 2. The first-order valence-electron chi connectivity index (χ1n) is 5.23. The van der Waals surface area contributed by atoms with Crippen LogP contribution in [0.3, 0.4) is 0 Å². The number of nitrogens with two attached hydrogens (primary N) is 1. The third-order valence-electron chi connectivity index (χ3n) is 3.11. The van der Waals surface area contributed by atoms with Gasteiger partial charge in [0.2, 0.25) is 5.91 Å². The molecule has 1 rings (SSSR count). The highest BCUT2D eigenvalue weighted by atomic mass is 16.4. The highest BCUT2D eigenvalue weighted by molar-refractivity contribution is 5.80. The van der Waals surface area contributed by atoms with Crippen molar-refractivity contribution in [3.8, 4) is 0 Å². The van der Waals surface area contributed by atoms with Gasteiger partial charge in [0.25, 0.3) is 0 Å². The fraction of sp³-hybridized carbons (Fsp3) is 0.800. The summed E-state index contributed by atoms with van der Waals surface area (Å²) in [5.41, 5.74) is 5.27. The first-order valence-corrected chi connectivity index (χ1v) is 5.23. The monoisotopic (exact) mass is 214 g/mol. The molecule has 86 valence electrons. The van der Waals surface area contributed by atoms with E-state index in [4.69, 9.17) is 10.8 Å². The molecule has 0 aromatic heterocycles. The van der Waals surface area contributed by atoms with Crippen molar-refractivity contribution in [2.75, 3.05) is 13.1 Å². The lowest BCUT2D eigenvalue weighted by molar-refractivity contribution is -0.142. The van der Waals surface area contributed by atoms with E-state index in [1.165, 1.54) is 0 Å². The predicted octanol–water partition coefficient (Wildman–Crippen LogP) is -0.0972. The SMILES string of the molecule is CCC(C(N)=O)N1CC(C)C(C(=O)O)C1. The zero-order valence-electron chi connectivity index (χ0n) is 9.14. The summed E-state index contributed by atoms with van der Waals surface area (Å²) in [7, 11) is 0. The molecule has 5 heteroatoms. The van der Waals surface area contributed by atoms with Gasteiger partial charge in [0.1, 0.15) is 0 Å². The van der Waals surface area contributed by atoms with E-state index in [9.17, 15) is 9.59 Å². The van der Waals surface area contributed by atoms with Crippen LogP contribution in [0.15, 0.2) is 0 Å². The Labute approximate surface area is 89.2 Å². The van der Waals surface area contributed by atoms with E-state index in [2.05, 4.69) is 0 Å². The maximum atomic E-state index is 11.1. The van der Waals surface area contributed by atoms with Crippen LogP contribution >= 0.6 is 0 Å². The number of carbonyl (C=O) groups excluding carboxylic acids is 1. The summed E-state index contributed by atoms with van der Waals surface area (Å²) in [6.45, 7) is 4.84. The predicted molar refractivity (Wildman–Crippen MR) is 55.1 cm³/mol. The van der Waals surface area contributed by atoms with Crippen LogP contribution in [0, 0.1) is 11.8 Å². The molecule has 0 saturated carbocycles. The van der Waals surface area contributed by atoms with Crippen LogP contribution in [0.25, 0.3) is 0 Å². The van der Waals surface area contributed by atoms with Gasteiger partial charge in [-0.3, -0.25) is 14.5 Å². The smallest absolute Gasteiger partial charge is 0.308 e.